The number of rotatable bonds is 4. The molecule has 1 aromatic carbocycles. The highest BCUT2D eigenvalue weighted by Gasteiger charge is 2.28. The average Bonchev–Trinajstić information content (AvgIpc) is 3.06. The monoisotopic (exact) mass is 360 g/mol. The second kappa shape index (κ2) is 7.25. The SMILES string of the molecule is Cc1occc1C(=O)N1CCN(S(=O)(=O)/C=C/c2ccccc2)CC1. The van der Waals surface area contributed by atoms with Crippen LogP contribution in [-0.4, -0.2) is 49.7 Å². The van der Waals surface area contributed by atoms with Crippen molar-refractivity contribution < 1.29 is 17.6 Å². The van der Waals surface area contributed by atoms with Crippen molar-refractivity contribution in [2.24, 2.45) is 0 Å². The van der Waals surface area contributed by atoms with E-state index in [1.807, 2.05) is 30.3 Å². The van der Waals surface area contributed by atoms with Crippen LogP contribution in [0, 0.1) is 6.92 Å². The molecule has 25 heavy (non-hydrogen) atoms. The summed E-state index contributed by atoms with van der Waals surface area (Å²) in [7, 11) is -3.50. The molecular formula is C18H20N2O4S. The number of hydrogen-bond acceptors (Lipinski definition) is 4. The Balaban J connectivity index is 1.62. The molecular weight excluding hydrogens is 340 g/mol. The first kappa shape index (κ1) is 17.4. The second-order valence-electron chi connectivity index (χ2n) is 5.84. The summed E-state index contributed by atoms with van der Waals surface area (Å²) in [6.07, 6.45) is 3.07. The van der Waals surface area contributed by atoms with Crippen LogP contribution < -0.4 is 0 Å². The first-order valence-corrected chi connectivity index (χ1v) is 9.54. The minimum atomic E-state index is -3.50. The number of furan rings is 1. The predicted octanol–water partition coefficient (Wildman–Crippen LogP) is 2.35. The van der Waals surface area contributed by atoms with Crippen LogP contribution in [0.3, 0.4) is 0 Å². The van der Waals surface area contributed by atoms with Gasteiger partial charge in [-0.25, -0.2) is 8.42 Å². The average molecular weight is 360 g/mol. The van der Waals surface area contributed by atoms with E-state index in [0.717, 1.165) is 5.56 Å². The highest BCUT2D eigenvalue weighted by atomic mass is 32.2. The van der Waals surface area contributed by atoms with E-state index < -0.39 is 10.0 Å². The zero-order chi connectivity index (χ0) is 17.9. The van der Waals surface area contributed by atoms with Gasteiger partial charge in [0.05, 0.1) is 11.8 Å². The van der Waals surface area contributed by atoms with Crippen LogP contribution in [0.4, 0.5) is 0 Å². The van der Waals surface area contributed by atoms with Crippen LogP contribution in [0.5, 0.6) is 0 Å². The summed E-state index contributed by atoms with van der Waals surface area (Å²) in [6.45, 7) is 3.03. The number of nitrogens with zero attached hydrogens (tertiary/aromatic N) is 2. The highest BCUT2D eigenvalue weighted by Crippen LogP contribution is 2.16. The van der Waals surface area contributed by atoms with Gasteiger partial charge in [0.1, 0.15) is 5.76 Å². The van der Waals surface area contributed by atoms with Gasteiger partial charge in [-0.1, -0.05) is 30.3 Å². The summed E-state index contributed by atoms with van der Waals surface area (Å²) in [5, 5.41) is 1.22. The molecule has 0 radical (unpaired) electrons. The quantitative estimate of drug-likeness (QED) is 0.839. The maximum atomic E-state index is 12.4. The first-order chi connectivity index (χ1) is 12.0. The summed E-state index contributed by atoms with van der Waals surface area (Å²) < 4.78 is 31.4. The number of amides is 1. The third kappa shape index (κ3) is 4.00. The van der Waals surface area contributed by atoms with E-state index in [9.17, 15) is 13.2 Å². The summed E-state index contributed by atoms with van der Waals surface area (Å²) in [5.74, 6) is 0.453. The van der Waals surface area contributed by atoms with Crippen LogP contribution in [-0.2, 0) is 10.0 Å². The lowest BCUT2D eigenvalue weighted by Crippen LogP contribution is -2.50. The van der Waals surface area contributed by atoms with Crippen molar-refractivity contribution in [3.63, 3.8) is 0 Å². The van der Waals surface area contributed by atoms with E-state index in [4.69, 9.17) is 4.42 Å². The van der Waals surface area contributed by atoms with Crippen LogP contribution in [0.25, 0.3) is 6.08 Å². The molecule has 0 N–H and O–H groups in total. The molecule has 132 valence electrons. The molecule has 1 aliphatic heterocycles. The van der Waals surface area contributed by atoms with Crippen LogP contribution in [0.2, 0.25) is 0 Å². The van der Waals surface area contributed by atoms with Crippen LogP contribution >= 0.6 is 0 Å². The Labute approximate surface area is 147 Å². The minimum absolute atomic E-state index is 0.122. The molecule has 0 atom stereocenters. The zero-order valence-electron chi connectivity index (χ0n) is 14.0. The number of aryl methyl sites for hydroxylation is 1. The largest absolute Gasteiger partial charge is 0.469 e. The Morgan fingerprint density at radius 3 is 2.36 bits per heavy atom. The molecule has 0 spiro atoms. The zero-order valence-corrected chi connectivity index (χ0v) is 14.8. The topological polar surface area (TPSA) is 70.8 Å². The number of carbonyl (C=O) groups is 1. The van der Waals surface area contributed by atoms with Crippen molar-refractivity contribution in [2.45, 2.75) is 6.92 Å². The molecule has 0 saturated carbocycles. The Bertz CT molecular complexity index is 863. The molecule has 2 aromatic rings. The molecule has 7 heteroatoms. The Kier molecular flexibility index (Phi) is 5.06. The number of sulfonamides is 1. The van der Waals surface area contributed by atoms with Crippen molar-refractivity contribution >= 4 is 22.0 Å². The number of benzene rings is 1. The third-order valence-corrected chi connectivity index (χ3v) is 5.77. The maximum Gasteiger partial charge on any atom is 0.257 e. The lowest BCUT2D eigenvalue weighted by Gasteiger charge is -2.33. The van der Waals surface area contributed by atoms with Gasteiger partial charge in [0, 0.05) is 31.6 Å². The first-order valence-electron chi connectivity index (χ1n) is 8.04. The summed E-state index contributed by atoms with van der Waals surface area (Å²) in [4.78, 5) is 14.1. The maximum absolute atomic E-state index is 12.4. The molecule has 1 saturated heterocycles. The molecule has 0 aliphatic carbocycles. The molecule has 1 fully saturated rings. The molecule has 6 nitrogen and oxygen atoms in total. The lowest BCUT2D eigenvalue weighted by molar-refractivity contribution is 0.0697. The fourth-order valence-electron chi connectivity index (χ4n) is 2.74. The normalized spacial score (nSPS) is 16.4. The Hall–Kier alpha value is -2.38. The van der Waals surface area contributed by atoms with Gasteiger partial charge in [-0.05, 0) is 24.6 Å². The summed E-state index contributed by atoms with van der Waals surface area (Å²) in [5.41, 5.74) is 1.36. The smallest absolute Gasteiger partial charge is 0.257 e. The second-order valence-corrected chi connectivity index (χ2v) is 7.66. The molecule has 1 amide bonds. The Morgan fingerprint density at radius 2 is 1.76 bits per heavy atom. The number of piperazine rings is 1. The third-order valence-electron chi connectivity index (χ3n) is 4.21. The summed E-state index contributed by atoms with van der Waals surface area (Å²) in [6, 6.07) is 10.9. The van der Waals surface area contributed by atoms with Gasteiger partial charge < -0.3 is 9.32 Å². The van der Waals surface area contributed by atoms with Crippen LogP contribution in [0.15, 0.2) is 52.5 Å². The van der Waals surface area contributed by atoms with Gasteiger partial charge in [0.25, 0.3) is 5.91 Å². The van der Waals surface area contributed by atoms with Crippen molar-refractivity contribution in [3.05, 3.63) is 65.0 Å². The van der Waals surface area contributed by atoms with Gasteiger partial charge in [-0.3, -0.25) is 4.79 Å². The number of hydrogen-bond donors (Lipinski definition) is 0. The highest BCUT2D eigenvalue weighted by molar-refractivity contribution is 7.92. The molecule has 2 heterocycles. The van der Waals surface area contributed by atoms with E-state index in [-0.39, 0.29) is 19.0 Å². The molecule has 1 aromatic heterocycles. The van der Waals surface area contributed by atoms with E-state index in [1.165, 1.54) is 16.0 Å². The fourth-order valence-corrected chi connectivity index (χ4v) is 3.91. The molecule has 3 rings (SSSR count). The standard InChI is InChI=1S/C18H20N2O4S/c1-15-17(7-13-24-15)18(21)19-9-11-20(12-10-19)25(22,23)14-8-16-5-3-2-4-6-16/h2-8,13-14H,9-12H2,1H3/b14-8+. The molecule has 0 bridgehead atoms. The van der Waals surface area contributed by atoms with Crippen molar-refractivity contribution in [1.29, 1.82) is 0 Å². The molecule has 1 aliphatic rings. The van der Waals surface area contributed by atoms with Crippen molar-refractivity contribution in [3.8, 4) is 0 Å². The number of carbonyl (C=O) groups excluding carboxylic acids is 1. The predicted molar refractivity (Wildman–Crippen MR) is 95.3 cm³/mol. The van der Waals surface area contributed by atoms with Gasteiger partial charge in [-0.15, -0.1) is 0 Å². The van der Waals surface area contributed by atoms with Crippen LogP contribution in [0.1, 0.15) is 21.7 Å². The fraction of sp³-hybridized carbons (Fsp3) is 0.278. The minimum Gasteiger partial charge on any atom is -0.469 e. The van der Waals surface area contributed by atoms with Crippen molar-refractivity contribution in [1.82, 2.24) is 9.21 Å². The molecule has 0 unspecified atom stereocenters. The van der Waals surface area contributed by atoms with Crippen molar-refractivity contribution in [2.75, 3.05) is 26.2 Å². The van der Waals surface area contributed by atoms with Gasteiger partial charge in [-0.2, -0.15) is 4.31 Å². The summed E-state index contributed by atoms with van der Waals surface area (Å²) >= 11 is 0. The van der Waals surface area contributed by atoms with Gasteiger partial charge in [0.15, 0.2) is 0 Å². The van der Waals surface area contributed by atoms with E-state index in [1.54, 1.807) is 24.0 Å². The van der Waals surface area contributed by atoms with Gasteiger partial charge >= 0.3 is 0 Å². The van der Waals surface area contributed by atoms with E-state index >= 15 is 0 Å². The van der Waals surface area contributed by atoms with Gasteiger partial charge in [0.2, 0.25) is 10.0 Å². The van der Waals surface area contributed by atoms with E-state index in [0.29, 0.717) is 24.4 Å². The Morgan fingerprint density at radius 1 is 1.08 bits per heavy atom. The van der Waals surface area contributed by atoms with E-state index in [2.05, 4.69) is 0 Å². The lowest BCUT2D eigenvalue weighted by atomic mass is 10.2.